The van der Waals surface area contributed by atoms with Crippen LogP contribution in [-0.2, 0) is 7.05 Å². The van der Waals surface area contributed by atoms with Gasteiger partial charge in [-0.25, -0.2) is 10.1 Å². The third-order valence-electron chi connectivity index (χ3n) is 3.65. The van der Waals surface area contributed by atoms with Crippen molar-refractivity contribution < 1.29 is 9.53 Å². The van der Waals surface area contributed by atoms with Crippen LogP contribution < -0.4 is 15.7 Å². The number of aryl methyl sites for hydroxylation is 1. The Kier molecular flexibility index (Phi) is 4.56. The molecule has 0 spiro atoms. The second kappa shape index (κ2) is 6.96. The molecule has 0 saturated carbocycles. The average Bonchev–Trinajstić information content (AvgIpc) is 2.64. The van der Waals surface area contributed by atoms with E-state index in [2.05, 4.69) is 15.6 Å². The van der Waals surface area contributed by atoms with E-state index in [-0.39, 0.29) is 11.3 Å². The molecule has 0 unspecified atom stereocenters. The molecule has 25 heavy (non-hydrogen) atoms. The van der Waals surface area contributed by atoms with Crippen LogP contribution >= 0.6 is 0 Å². The molecule has 0 radical (unpaired) electrons. The molecule has 1 aromatic heterocycles. The SMILES string of the molecule is COc1cccc(/C=N\NC(=O)c2nn(C)c(=O)c3ccccc23)c1. The summed E-state index contributed by atoms with van der Waals surface area (Å²) >= 11 is 0. The summed E-state index contributed by atoms with van der Waals surface area (Å²) in [5.74, 6) is 0.201. The Hall–Kier alpha value is -3.48. The van der Waals surface area contributed by atoms with Crippen molar-refractivity contribution in [1.82, 2.24) is 15.2 Å². The van der Waals surface area contributed by atoms with Crippen LogP contribution in [0, 0.1) is 0 Å². The van der Waals surface area contributed by atoms with Crippen LogP contribution in [0.2, 0.25) is 0 Å². The van der Waals surface area contributed by atoms with Gasteiger partial charge in [0.05, 0.1) is 18.7 Å². The van der Waals surface area contributed by atoms with Crippen molar-refractivity contribution in [2.45, 2.75) is 0 Å². The predicted molar refractivity (Wildman–Crippen MR) is 95.0 cm³/mol. The Morgan fingerprint density at radius 3 is 2.72 bits per heavy atom. The number of fused-ring (bicyclic) bond motifs is 1. The molecule has 3 aromatic rings. The smallest absolute Gasteiger partial charge is 0.292 e. The summed E-state index contributed by atoms with van der Waals surface area (Å²) in [7, 11) is 3.08. The van der Waals surface area contributed by atoms with Gasteiger partial charge in [-0.1, -0.05) is 30.3 Å². The molecule has 3 rings (SSSR count). The van der Waals surface area contributed by atoms with E-state index in [9.17, 15) is 9.59 Å². The summed E-state index contributed by atoms with van der Waals surface area (Å²) in [4.78, 5) is 24.5. The standard InChI is InChI=1S/C18H16N4O3/c1-22-18(24)15-9-4-3-8-14(15)16(21-22)17(23)20-19-11-12-6-5-7-13(10-12)25-2/h3-11H,1-2H3,(H,20,23)/b19-11-. The van der Waals surface area contributed by atoms with Crippen LogP contribution in [0.1, 0.15) is 16.1 Å². The minimum atomic E-state index is -0.494. The molecule has 2 aromatic carbocycles. The topological polar surface area (TPSA) is 85.6 Å². The number of carbonyl (C=O) groups excluding carboxylic acids is 1. The van der Waals surface area contributed by atoms with Gasteiger partial charge in [0.2, 0.25) is 0 Å². The number of amides is 1. The molecular weight excluding hydrogens is 320 g/mol. The van der Waals surface area contributed by atoms with Gasteiger partial charge in [-0.15, -0.1) is 0 Å². The number of rotatable bonds is 4. The first kappa shape index (κ1) is 16.4. The number of aromatic nitrogens is 2. The van der Waals surface area contributed by atoms with Gasteiger partial charge in [-0.3, -0.25) is 9.59 Å². The molecule has 0 aliphatic heterocycles. The Morgan fingerprint density at radius 1 is 1.20 bits per heavy atom. The van der Waals surface area contributed by atoms with E-state index >= 15 is 0 Å². The lowest BCUT2D eigenvalue weighted by atomic mass is 10.1. The van der Waals surface area contributed by atoms with E-state index in [1.165, 1.54) is 13.3 Å². The third-order valence-corrected chi connectivity index (χ3v) is 3.65. The molecule has 0 fully saturated rings. The lowest BCUT2D eigenvalue weighted by molar-refractivity contribution is 0.0950. The quantitative estimate of drug-likeness (QED) is 0.580. The number of carbonyl (C=O) groups is 1. The molecule has 1 amide bonds. The maximum atomic E-state index is 12.4. The molecule has 1 heterocycles. The second-order valence-corrected chi connectivity index (χ2v) is 5.30. The maximum Gasteiger partial charge on any atom is 0.292 e. The maximum absolute atomic E-state index is 12.4. The van der Waals surface area contributed by atoms with E-state index in [1.54, 1.807) is 37.4 Å². The van der Waals surface area contributed by atoms with Gasteiger partial charge in [0, 0.05) is 12.4 Å². The molecule has 0 bridgehead atoms. The van der Waals surface area contributed by atoms with Gasteiger partial charge in [0.15, 0.2) is 5.69 Å². The monoisotopic (exact) mass is 336 g/mol. The van der Waals surface area contributed by atoms with E-state index in [4.69, 9.17) is 4.74 Å². The molecule has 0 aliphatic rings. The van der Waals surface area contributed by atoms with Crippen LogP contribution in [0.3, 0.4) is 0 Å². The fraction of sp³-hybridized carbons (Fsp3) is 0.111. The highest BCUT2D eigenvalue weighted by atomic mass is 16.5. The number of nitrogens with zero attached hydrogens (tertiary/aromatic N) is 3. The van der Waals surface area contributed by atoms with Crippen LogP contribution in [-0.4, -0.2) is 29.0 Å². The Balaban J connectivity index is 1.87. The zero-order chi connectivity index (χ0) is 17.8. The number of hydrazone groups is 1. The molecule has 0 aliphatic carbocycles. The predicted octanol–water partition coefficient (Wildman–Crippen LogP) is 1.71. The van der Waals surface area contributed by atoms with Gasteiger partial charge in [0.1, 0.15) is 5.75 Å². The summed E-state index contributed by atoms with van der Waals surface area (Å²) in [6.07, 6.45) is 1.50. The van der Waals surface area contributed by atoms with E-state index in [0.717, 1.165) is 10.2 Å². The van der Waals surface area contributed by atoms with E-state index < -0.39 is 5.91 Å². The number of hydrogen-bond donors (Lipinski definition) is 1. The van der Waals surface area contributed by atoms with Gasteiger partial charge >= 0.3 is 0 Å². The number of ether oxygens (including phenoxy) is 1. The zero-order valence-corrected chi connectivity index (χ0v) is 13.8. The van der Waals surface area contributed by atoms with Crippen molar-refractivity contribution in [3.05, 3.63) is 70.1 Å². The van der Waals surface area contributed by atoms with E-state index in [1.807, 2.05) is 18.2 Å². The van der Waals surface area contributed by atoms with Crippen molar-refractivity contribution >= 4 is 22.9 Å². The zero-order valence-electron chi connectivity index (χ0n) is 13.8. The Bertz CT molecular complexity index is 1020. The minimum Gasteiger partial charge on any atom is -0.497 e. The van der Waals surface area contributed by atoms with Crippen molar-refractivity contribution in [3.8, 4) is 5.75 Å². The van der Waals surface area contributed by atoms with Gasteiger partial charge in [-0.2, -0.15) is 10.2 Å². The average molecular weight is 336 g/mol. The molecule has 0 saturated heterocycles. The molecule has 0 atom stereocenters. The largest absolute Gasteiger partial charge is 0.497 e. The summed E-state index contributed by atoms with van der Waals surface area (Å²) in [6, 6.07) is 14.1. The number of hydrogen-bond acceptors (Lipinski definition) is 5. The van der Waals surface area contributed by atoms with Gasteiger partial charge < -0.3 is 4.74 Å². The summed E-state index contributed by atoms with van der Waals surface area (Å²) in [6.45, 7) is 0. The highest BCUT2D eigenvalue weighted by Gasteiger charge is 2.14. The fourth-order valence-electron chi connectivity index (χ4n) is 2.41. The van der Waals surface area contributed by atoms with Crippen LogP contribution in [0.5, 0.6) is 5.75 Å². The van der Waals surface area contributed by atoms with Crippen LogP contribution in [0.25, 0.3) is 10.8 Å². The lowest BCUT2D eigenvalue weighted by Gasteiger charge is -2.06. The molecule has 126 valence electrons. The van der Waals surface area contributed by atoms with Gasteiger partial charge in [-0.05, 0) is 23.8 Å². The fourth-order valence-corrected chi connectivity index (χ4v) is 2.41. The summed E-state index contributed by atoms with van der Waals surface area (Å²) in [5.41, 5.74) is 3.09. The first-order valence-corrected chi connectivity index (χ1v) is 7.53. The number of methoxy groups -OCH3 is 1. The van der Waals surface area contributed by atoms with Crippen molar-refractivity contribution in [2.24, 2.45) is 12.1 Å². The third kappa shape index (κ3) is 3.40. The Labute approximate surface area is 143 Å². The highest BCUT2D eigenvalue weighted by Crippen LogP contribution is 2.13. The van der Waals surface area contributed by atoms with Crippen molar-refractivity contribution in [2.75, 3.05) is 7.11 Å². The first-order chi connectivity index (χ1) is 12.1. The Morgan fingerprint density at radius 2 is 1.96 bits per heavy atom. The molecular formula is C18H16N4O3. The molecule has 1 N–H and O–H groups in total. The van der Waals surface area contributed by atoms with Crippen molar-refractivity contribution in [3.63, 3.8) is 0 Å². The van der Waals surface area contributed by atoms with Crippen LogP contribution in [0.4, 0.5) is 0 Å². The lowest BCUT2D eigenvalue weighted by Crippen LogP contribution is -2.27. The number of nitrogens with one attached hydrogen (secondary N) is 1. The first-order valence-electron chi connectivity index (χ1n) is 7.53. The summed E-state index contributed by atoms with van der Waals surface area (Å²) < 4.78 is 6.27. The van der Waals surface area contributed by atoms with Crippen molar-refractivity contribution in [1.29, 1.82) is 0 Å². The van der Waals surface area contributed by atoms with E-state index in [0.29, 0.717) is 16.5 Å². The summed E-state index contributed by atoms with van der Waals surface area (Å²) in [5, 5.41) is 8.91. The molecule has 7 heteroatoms. The molecule has 7 nitrogen and oxygen atoms in total. The number of benzene rings is 2. The van der Waals surface area contributed by atoms with Gasteiger partial charge in [0.25, 0.3) is 11.5 Å². The van der Waals surface area contributed by atoms with Crippen LogP contribution in [0.15, 0.2) is 58.4 Å². The minimum absolute atomic E-state index is 0.139. The second-order valence-electron chi connectivity index (χ2n) is 5.30. The highest BCUT2D eigenvalue weighted by molar-refractivity contribution is 6.04. The normalized spacial score (nSPS) is 11.0.